The van der Waals surface area contributed by atoms with E-state index in [-0.39, 0.29) is 5.41 Å². The van der Waals surface area contributed by atoms with Crippen molar-refractivity contribution < 1.29 is 0 Å². The molecule has 1 aliphatic carbocycles. The lowest BCUT2D eigenvalue weighted by atomic mass is 9.77. The van der Waals surface area contributed by atoms with Crippen molar-refractivity contribution in [1.82, 2.24) is 0 Å². The van der Waals surface area contributed by atoms with Crippen LogP contribution in [-0.4, -0.2) is 0 Å². The van der Waals surface area contributed by atoms with E-state index in [0.29, 0.717) is 0 Å². The van der Waals surface area contributed by atoms with E-state index in [2.05, 4.69) is 269 Å². The Morgan fingerprint density at radius 3 is 0.938 bits per heavy atom. The van der Waals surface area contributed by atoms with Crippen molar-refractivity contribution in [1.29, 1.82) is 0 Å². The van der Waals surface area contributed by atoms with Crippen LogP contribution < -0.4 is 4.90 Å². The predicted octanol–water partition coefficient (Wildman–Crippen LogP) is 17.6. The van der Waals surface area contributed by atoms with Crippen LogP contribution in [0.1, 0.15) is 35.6 Å². The summed E-state index contributed by atoms with van der Waals surface area (Å²) >= 11 is 0. The molecule has 65 heavy (non-hydrogen) atoms. The van der Waals surface area contributed by atoms with Crippen molar-refractivity contribution in [2.24, 2.45) is 0 Å². The first kappa shape index (κ1) is 43.9. The third-order valence-electron chi connectivity index (χ3n) is 12.1. The molecule has 318 valence electrons. The number of allylic oxidation sites excluding steroid dienone is 3. The third kappa shape index (κ3) is 11.5. The molecule has 1 aliphatic rings. The quantitative estimate of drug-likeness (QED) is 0.147. The maximum atomic E-state index is 2.38. The molecule has 0 radical (unpaired) electrons. The molecule has 1 atom stereocenters. The minimum atomic E-state index is -0.0110. The molecular weight excluding hydrogens is 783 g/mol. The average molecular weight is 840 g/mol. The molecule has 0 saturated carbocycles. The molecule has 9 aromatic carbocycles. The smallest absolute Gasteiger partial charge is 0.0461 e. The van der Waals surface area contributed by atoms with Gasteiger partial charge in [0.15, 0.2) is 0 Å². The Kier molecular flexibility index (Phi) is 14.2. The van der Waals surface area contributed by atoms with Crippen molar-refractivity contribution in [3.63, 3.8) is 0 Å². The minimum absolute atomic E-state index is 0.0110. The van der Waals surface area contributed by atoms with Gasteiger partial charge in [0.05, 0.1) is 0 Å². The number of nitrogens with zero attached hydrogens (tertiary/aromatic N) is 1. The Morgan fingerprint density at radius 2 is 0.615 bits per heavy atom. The van der Waals surface area contributed by atoms with Gasteiger partial charge in [-0.2, -0.15) is 0 Å². The molecule has 10 rings (SSSR count). The summed E-state index contributed by atoms with van der Waals surface area (Å²) in [5.41, 5.74) is 18.7. The number of rotatable bonds is 8. The fourth-order valence-corrected chi connectivity index (χ4v) is 8.12. The maximum Gasteiger partial charge on any atom is 0.0461 e. The van der Waals surface area contributed by atoms with E-state index in [9.17, 15) is 0 Å². The highest BCUT2D eigenvalue weighted by Gasteiger charge is 2.27. The van der Waals surface area contributed by atoms with Crippen LogP contribution in [0.15, 0.2) is 267 Å². The fraction of sp³-hybridized carbons (Fsp3) is 0.0938. The lowest BCUT2D eigenvalue weighted by Crippen LogP contribution is -2.24. The molecule has 0 heterocycles. The van der Waals surface area contributed by atoms with E-state index in [1.54, 1.807) is 0 Å². The number of anilines is 2. The van der Waals surface area contributed by atoms with Crippen LogP contribution >= 0.6 is 0 Å². The molecule has 0 saturated heterocycles. The number of hydrogen-bond donors (Lipinski definition) is 0. The van der Waals surface area contributed by atoms with Crippen LogP contribution in [0.5, 0.6) is 0 Å². The van der Waals surface area contributed by atoms with Crippen molar-refractivity contribution in [2.75, 3.05) is 4.90 Å². The summed E-state index contributed by atoms with van der Waals surface area (Å²) in [7, 11) is 0. The standard InChI is InChI=1S/C38H33N.C19H16.C7H8/c1-29-13-15-31(16-14-29)33-19-23-36(24-20-33)39(35-21-17-32(18-22-35)30-9-5-3-6-10-30)37-25-27-38(2,28-26-37)34-11-7-4-8-12-34;1-15-7-9-17(10-8-15)19-13-11-18(12-14-19)16-5-3-2-4-6-16;1-7-5-3-2-4-6-7/h3-27H,28H2,1-2H3;2-14H,1H3;2-6H,1H3. The van der Waals surface area contributed by atoms with Crippen LogP contribution in [0.2, 0.25) is 0 Å². The molecule has 1 nitrogen and oxygen atoms in total. The molecular formula is C64H57N. The maximum absolute atomic E-state index is 2.38. The Hall–Kier alpha value is -7.74. The highest BCUT2D eigenvalue weighted by molar-refractivity contribution is 5.76. The molecule has 0 spiro atoms. The Bertz CT molecular complexity index is 2900. The van der Waals surface area contributed by atoms with Gasteiger partial charge in [-0.1, -0.05) is 254 Å². The van der Waals surface area contributed by atoms with Crippen molar-refractivity contribution >= 4 is 11.4 Å². The third-order valence-corrected chi connectivity index (χ3v) is 12.1. The van der Waals surface area contributed by atoms with Gasteiger partial charge in [0.1, 0.15) is 0 Å². The summed E-state index contributed by atoms with van der Waals surface area (Å²) in [5.74, 6) is 0. The lowest BCUT2D eigenvalue weighted by molar-refractivity contribution is 0.595. The summed E-state index contributed by atoms with van der Waals surface area (Å²) in [4.78, 5) is 2.37. The van der Waals surface area contributed by atoms with Gasteiger partial charge in [0.25, 0.3) is 0 Å². The molecule has 0 fully saturated rings. The van der Waals surface area contributed by atoms with Crippen LogP contribution in [0.4, 0.5) is 11.4 Å². The molecule has 0 aliphatic heterocycles. The van der Waals surface area contributed by atoms with Crippen LogP contribution in [0.3, 0.4) is 0 Å². The zero-order valence-corrected chi connectivity index (χ0v) is 38.0. The van der Waals surface area contributed by atoms with Gasteiger partial charge >= 0.3 is 0 Å². The Labute approximate surface area is 387 Å². The highest BCUT2D eigenvalue weighted by atomic mass is 15.1. The summed E-state index contributed by atoms with van der Waals surface area (Å²) in [5, 5.41) is 0. The molecule has 0 amide bonds. The largest absolute Gasteiger partial charge is 0.311 e. The first-order valence-corrected chi connectivity index (χ1v) is 22.6. The lowest BCUT2D eigenvalue weighted by Gasteiger charge is -2.33. The highest BCUT2D eigenvalue weighted by Crippen LogP contribution is 2.39. The molecule has 0 N–H and O–H groups in total. The number of hydrogen-bond acceptors (Lipinski definition) is 1. The first-order chi connectivity index (χ1) is 31.8. The Morgan fingerprint density at radius 1 is 0.323 bits per heavy atom. The zero-order chi connectivity index (χ0) is 44.9. The van der Waals surface area contributed by atoms with Gasteiger partial charge in [-0.05, 0) is 108 Å². The van der Waals surface area contributed by atoms with E-state index in [0.717, 1.165) is 17.8 Å². The van der Waals surface area contributed by atoms with Gasteiger partial charge in [-0.3, -0.25) is 0 Å². The summed E-state index contributed by atoms with van der Waals surface area (Å²) in [6, 6.07) is 86.1. The predicted molar refractivity (Wildman–Crippen MR) is 279 cm³/mol. The topological polar surface area (TPSA) is 3.24 Å². The second-order valence-electron chi connectivity index (χ2n) is 17.1. The van der Waals surface area contributed by atoms with Gasteiger partial charge in [0, 0.05) is 22.5 Å². The molecule has 0 aromatic heterocycles. The number of benzene rings is 9. The number of aryl methyl sites for hydroxylation is 3. The zero-order valence-electron chi connectivity index (χ0n) is 38.0. The SMILES string of the molecule is Cc1ccc(-c2ccc(-c3ccccc3)cc2)cc1.Cc1ccc(-c2ccc(N(C3=CCC(C)(c4ccccc4)C=C3)c3ccc(-c4ccccc4)cc3)cc2)cc1.Cc1ccccc1. The molecule has 9 aromatic rings. The second-order valence-corrected chi connectivity index (χ2v) is 17.1. The average Bonchev–Trinajstić information content (AvgIpc) is 3.37. The van der Waals surface area contributed by atoms with Crippen LogP contribution in [0.25, 0.3) is 44.5 Å². The van der Waals surface area contributed by atoms with Gasteiger partial charge in [0.2, 0.25) is 0 Å². The van der Waals surface area contributed by atoms with E-state index in [4.69, 9.17) is 0 Å². The monoisotopic (exact) mass is 839 g/mol. The minimum Gasteiger partial charge on any atom is -0.311 e. The summed E-state index contributed by atoms with van der Waals surface area (Å²) < 4.78 is 0. The van der Waals surface area contributed by atoms with Crippen molar-refractivity contribution in [2.45, 2.75) is 39.5 Å². The van der Waals surface area contributed by atoms with Gasteiger partial charge in [-0.25, -0.2) is 0 Å². The van der Waals surface area contributed by atoms with E-state index < -0.39 is 0 Å². The summed E-state index contributed by atoms with van der Waals surface area (Å²) in [6.07, 6.45) is 7.98. The van der Waals surface area contributed by atoms with E-state index in [1.807, 2.05) is 24.3 Å². The molecule has 1 unspecified atom stereocenters. The van der Waals surface area contributed by atoms with Crippen LogP contribution in [0, 0.1) is 20.8 Å². The van der Waals surface area contributed by atoms with Gasteiger partial charge in [-0.15, -0.1) is 0 Å². The fourth-order valence-electron chi connectivity index (χ4n) is 8.12. The van der Waals surface area contributed by atoms with Gasteiger partial charge < -0.3 is 4.90 Å². The normalized spacial score (nSPS) is 13.9. The summed E-state index contributed by atoms with van der Waals surface area (Å²) in [6.45, 7) is 8.64. The van der Waals surface area contributed by atoms with Crippen LogP contribution in [-0.2, 0) is 5.41 Å². The van der Waals surface area contributed by atoms with E-state index in [1.165, 1.54) is 72.5 Å². The second kappa shape index (κ2) is 21.1. The van der Waals surface area contributed by atoms with Crippen molar-refractivity contribution in [3.8, 4) is 44.5 Å². The molecule has 0 bridgehead atoms. The van der Waals surface area contributed by atoms with Crippen molar-refractivity contribution in [3.05, 3.63) is 289 Å². The molecule has 1 heteroatoms. The Balaban J connectivity index is 0.000000182. The van der Waals surface area contributed by atoms with E-state index >= 15 is 0 Å². The first-order valence-electron chi connectivity index (χ1n) is 22.6.